The normalized spacial score (nSPS) is 37.2. The number of aliphatic hydroxyl groups is 5. The van der Waals surface area contributed by atoms with Crippen LogP contribution in [0.4, 0.5) is 4.79 Å². The molecule has 6 N–H and O–H groups in total. The van der Waals surface area contributed by atoms with Crippen molar-refractivity contribution in [2.75, 3.05) is 13.2 Å². The number of esters is 2. The molecule has 0 aromatic heterocycles. The van der Waals surface area contributed by atoms with Crippen LogP contribution < -0.4 is 5.32 Å². The highest BCUT2D eigenvalue weighted by Gasteiger charge is 2.76. The Kier molecular flexibility index (Phi) is 10.9. The maximum atomic E-state index is 14.7. The number of alkyl carbamates (subject to hydrolysis) is 1. The van der Waals surface area contributed by atoms with Crippen molar-refractivity contribution < 1.29 is 63.7 Å². The standard InChI is InChI=1S/C40H53NO13/c1-6-17-51-36(48)41-28(22-13-9-7-10-14-22)30(44)35(47)53-24-19-40(50)33(54-34(46)23-15-11-8-12-16-23)31-38(5,25(42)18-26-39(31,49)20-52-26)32(45)29(43)27(21(24)2)37(40,3)4/h6,8,11-12,15-16,22,24-26,28-31,33,42-44,49-50H,1,7,9-10,13-14,17-20H2,2-5H3,(H,41,48)/t24?,25?,26?,28?,29?,30?,31?,33?,38-,39+,40?/m1/s1. The minimum absolute atomic E-state index is 0.0184. The number of aliphatic hydroxyl groups excluding tert-OH is 3. The first-order valence-corrected chi connectivity index (χ1v) is 18.8. The Morgan fingerprint density at radius 3 is 2.33 bits per heavy atom. The summed E-state index contributed by atoms with van der Waals surface area (Å²) in [6.07, 6.45) is -5.65. The van der Waals surface area contributed by atoms with E-state index in [1.54, 1.807) is 32.0 Å². The van der Waals surface area contributed by atoms with E-state index < -0.39 is 101 Å². The summed E-state index contributed by atoms with van der Waals surface area (Å²) in [4.78, 5) is 55.2. The fraction of sp³-hybridized carbons (Fsp3) is 0.650. The van der Waals surface area contributed by atoms with E-state index in [4.69, 9.17) is 18.9 Å². The molecule has 1 aromatic carbocycles. The van der Waals surface area contributed by atoms with E-state index in [1.165, 1.54) is 32.1 Å². The smallest absolute Gasteiger partial charge is 0.407 e. The van der Waals surface area contributed by atoms with Crippen LogP contribution in [0.25, 0.3) is 0 Å². The zero-order valence-corrected chi connectivity index (χ0v) is 31.2. The van der Waals surface area contributed by atoms with Gasteiger partial charge >= 0.3 is 18.0 Å². The van der Waals surface area contributed by atoms with Crippen LogP contribution in [0.1, 0.15) is 83.0 Å². The average Bonchev–Trinajstić information content (AvgIpc) is 3.15. The number of ether oxygens (including phenoxy) is 4. The highest BCUT2D eigenvalue weighted by atomic mass is 16.6. The van der Waals surface area contributed by atoms with E-state index in [2.05, 4.69) is 11.9 Å². The molecule has 1 amide bonds. The Labute approximate surface area is 314 Å². The summed E-state index contributed by atoms with van der Waals surface area (Å²) in [7, 11) is 0. The summed E-state index contributed by atoms with van der Waals surface area (Å²) in [5, 5.41) is 63.3. The highest BCUT2D eigenvalue weighted by Crippen LogP contribution is 2.63. The van der Waals surface area contributed by atoms with Crippen molar-refractivity contribution in [2.45, 2.75) is 127 Å². The number of ketones is 1. The second-order valence-electron chi connectivity index (χ2n) is 16.4. The molecule has 6 rings (SSSR count). The van der Waals surface area contributed by atoms with Crippen molar-refractivity contribution in [3.05, 3.63) is 59.7 Å². The van der Waals surface area contributed by atoms with Gasteiger partial charge < -0.3 is 49.8 Å². The third-order valence-corrected chi connectivity index (χ3v) is 13.2. The molecule has 0 spiro atoms. The predicted octanol–water partition coefficient (Wildman–Crippen LogP) is 2.28. The molecule has 11 atom stereocenters. The van der Waals surface area contributed by atoms with Crippen molar-refractivity contribution >= 4 is 23.8 Å². The van der Waals surface area contributed by atoms with Crippen molar-refractivity contribution in [3.8, 4) is 0 Å². The largest absolute Gasteiger partial charge is 0.456 e. The first-order valence-electron chi connectivity index (χ1n) is 18.8. The molecule has 296 valence electrons. The molecular weight excluding hydrogens is 702 g/mol. The average molecular weight is 756 g/mol. The molecule has 5 aliphatic rings. The number of Topliss-reactive ketones (excluding diaryl/α,β-unsaturated/α-hetero) is 1. The first kappa shape index (κ1) is 40.0. The number of hydrogen-bond donors (Lipinski definition) is 6. The Bertz CT molecular complexity index is 1670. The summed E-state index contributed by atoms with van der Waals surface area (Å²) < 4.78 is 22.9. The molecule has 9 unspecified atom stereocenters. The number of rotatable bonds is 9. The van der Waals surface area contributed by atoms with E-state index in [9.17, 15) is 44.7 Å². The van der Waals surface area contributed by atoms with Gasteiger partial charge in [-0.05, 0) is 55.9 Å². The van der Waals surface area contributed by atoms with Gasteiger partial charge in [0.2, 0.25) is 0 Å². The lowest BCUT2D eigenvalue weighted by Crippen LogP contribution is -2.81. The molecule has 2 bridgehead atoms. The van der Waals surface area contributed by atoms with E-state index in [0.717, 1.165) is 19.3 Å². The van der Waals surface area contributed by atoms with Gasteiger partial charge in [-0.15, -0.1) is 0 Å². The van der Waals surface area contributed by atoms with E-state index in [1.807, 2.05) is 0 Å². The summed E-state index contributed by atoms with van der Waals surface area (Å²) in [5.74, 6) is -4.69. The van der Waals surface area contributed by atoms with Gasteiger partial charge in [0.1, 0.15) is 36.1 Å². The number of nitrogens with one attached hydrogen (secondary N) is 1. The van der Waals surface area contributed by atoms with Crippen molar-refractivity contribution in [1.29, 1.82) is 0 Å². The number of carbonyl (C=O) groups is 4. The summed E-state index contributed by atoms with van der Waals surface area (Å²) in [6, 6.07) is 6.85. The predicted molar refractivity (Wildman–Crippen MR) is 191 cm³/mol. The molecule has 14 nitrogen and oxygen atoms in total. The van der Waals surface area contributed by atoms with Gasteiger partial charge in [0.15, 0.2) is 11.9 Å². The van der Waals surface area contributed by atoms with Gasteiger partial charge in [-0.25, -0.2) is 14.4 Å². The van der Waals surface area contributed by atoms with Crippen molar-refractivity contribution in [1.82, 2.24) is 5.32 Å². The summed E-state index contributed by atoms with van der Waals surface area (Å²) in [5.41, 5.74) is -7.38. The third-order valence-electron chi connectivity index (χ3n) is 13.2. The van der Waals surface area contributed by atoms with Crippen LogP contribution >= 0.6 is 0 Å². The van der Waals surface area contributed by atoms with E-state index in [0.29, 0.717) is 12.8 Å². The lowest BCUT2D eigenvalue weighted by atomic mass is 9.44. The number of benzene rings is 1. The van der Waals surface area contributed by atoms with E-state index >= 15 is 0 Å². The lowest BCUT2D eigenvalue weighted by Gasteiger charge is -2.66. The van der Waals surface area contributed by atoms with Gasteiger partial charge in [-0.2, -0.15) is 0 Å². The molecule has 1 aromatic rings. The molecule has 14 heteroatoms. The zero-order chi connectivity index (χ0) is 39.4. The first-order chi connectivity index (χ1) is 25.4. The number of carbonyl (C=O) groups excluding carboxylic acids is 4. The third kappa shape index (κ3) is 6.38. The molecule has 1 heterocycles. The van der Waals surface area contributed by atoms with Gasteiger partial charge in [0, 0.05) is 24.2 Å². The Hall–Kier alpha value is -3.66. The molecule has 1 saturated heterocycles. The fourth-order valence-corrected chi connectivity index (χ4v) is 9.99. The van der Waals surface area contributed by atoms with Crippen LogP contribution in [-0.2, 0) is 28.5 Å². The lowest BCUT2D eigenvalue weighted by molar-refractivity contribution is -0.343. The Morgan fingerprint density at radius 1 is 1.06 bits per heavy atom. The topological polar surface area (TPSA) is 218 Å². The van der Waals surface area contributed by atoms with Crippen molar-refractivity contribution in [2.24, 2.45) is 22.7 Å². The van der Waals surface area contributed by atoms with Crippen LogP contribution in [0, 0.1) is 22.7 Å². The molecular formula is C40H53NO13. The molecule has 4 aliphatic carbocycles. The van der Waals surface area contributed by atoms with Crippen LogP contribution in [-0.4, -0.2) is 116 Å². The number of amides is 1. The minimum Gasteiger partial charge on any atom is -0.456 e. The second-order valence-corrected chi connectivity index (χ2v) is 16.4. The van der Waals surface area contributed by atoms with Gasteiger partial charge in [-0.1, -0.05) is 64.0 Å². The molecule has 1 aliphatic heterocycles. The molecule has 0 radical (unpaired) electrons. The van der Waals surface area contributed by atoms with Crippen LogP contribution in [0.3, 0.4) is 0 Å². The van der Waals surface area contributed by atoms with Crippen LogP contribution in [0.15, 0.2) is 54.1 Å². The number of hydrogen-bond acceptors (Lipinski definition) is 13. The zero-order valence-electron chi connectivity index (χ0n) is 31.2. The molecule has 54 heavy (non-hydrogen) atoms. The minimum atomic E-state index is -2.28. The van der Waals surface area contributed by atoms with E-state index in [-0.39, 0.29) is 42.3 Å². The number of fused-ring (bicyclic) bond motifs is 5. The molecule has 3 saturated carbocycles. The van der Waals surface area contributed by atoms with Gasteiger partial charge in [0.05, 0.1) is 35.8 Å². The van der Waals surface area contributed by atoms with Crippen LogP contribution in [0.2, 0.25) is 0 Å². The summed E-state index contributed by atoms with van der Waals surface area (Å²) in [6.45, 7) is 9.19. The quantitative estimate of drug-likeness (QED) is 0.121. The fourth-order valence-electron chi connectivity index (χ4n) is 9.99. The van der Waals surface area contributed by atoms with Gasteiger partial charge in [-0.3, -0.25) is 4.79 Å². The maximum absolute atomic E-state index is 14.7. The highest BCUT2D eigenvalue weighted by molar-refractivity contribution is 5.94. The molecule has 4 fully saturated rings. The maximum Gasteiger partial charge on any atom is 0.407 e. The monoisotopic (exact) mass is 755 g/mol. The Morgan fingerprint density at radius 2 is 1.72 bits per heavy atom. The summed E-state index contributed by atoms with van der Waals surface area (Å²) >= 11 is 0. The second kappa shape index (κ2) is 14.8. The van der Waals surface area contributed by atoms with Crippen LogP contribution in [0.5, 0.6) is 0 Å². The Balaban J connectivity index is 1.43. The van der Waals surface area contributed by atoms with Crippen molar-refractivity contribution in [3.63, 3.8) is 0 Å². The van der Waals surface area contributed by atoms with Gasteiger partial charge in [0.25, 0.3) is 0 Å². The SMILES string of the molecule is C=CCOC(=O)NC(C1CCCCC1)C(O)C(=O)OC1CC2(O)C(OC(=O)c3ccccc3)C3[C@]4(O)COC4CC(O)[C@@]3(C)C(=O)C(O)C(=C1C)C2(C)C.